The van der Waals surface area contributed by atoms with Crippen LogP contribution in [0, 0.1) is 16.4 Å². The molecular weight excluding hydrogens is 405 g/mol. The summed E-state index contributed by atoms with van der Waals surface area (Å²) in [5, 5.41) is 11.9. The number of hydrogen-bond donors (Lipinski definition) is 2. The fourth-order valence-corrected chi connectivity index (χ4v) is 2.80. The minimum atomic E-state index is -0.972. The van der Waals surface area contributed by atoms with E-state index in [1.165, 1.54) is 0 Å². The largest absolute Gasteiger partial charge is 0.481 e. The van der Waals surface area contributed by atoms with Gasteiger partial charge < -0.3 is 10.4 Å². The third-order valence-electron chi connectivity index (χ3n) is 3.53. The molecule has 0 aliphatic rings. The number of nitrogens with one attached hydrogen (secondary N) is 1. The van der Waals surface area contributed by atoms with E-state index in [9.17, 15) is 9.59 Å². The number of para-hydroxylation sites is 1. The lowest BCUT2D eigenvalue weighted by Crippen LogP contribution is -2.27. The third-order valence-corrected chi connectivity index (χ3v) is 4.47. The molecule has 23 heavy (non-hydrogen) atoms. The van der Waals surface area contributed by atoms with Crippen molar-refractivity contribution in [2.24, 2.45) is 5.92 Å². The molecule has 2 aromatic rings. The number of carbonyl (C=O) groups excluding carboxylic acids is 1. The smallest absolute Gasteiger partial charge is 0.304 e. The fraction of sp³-hybridized carbons (Fsp3) is 0.222. The monoisotopic (exact) mass is 423 g/mol. The molecule has 0 fully saturated rings. The Labute approximate surface area is 149 Å². The van der Waals surface area contributed by atoms with Crippen LogP contribution in [0.15, 0.2) is 48.5 Å². The molecule has 0 radical (unpaired) electrons. The summed E-state index contributed by atoms with van der Waals surface area (Å²) >= 11 is 2.14. The van der Waals surface area contributed by atoms with Gasteiger partial charge in [-0.15, -0.1) is 0 Å². The number of carbonyl (C=O) groups is 2. The van der Waals surface area contributed by atoms with E-state index in [0.717, 1.165) is 14.7 Å². The molecule has 0 unspecified atom stereocenters. The van der Waals surface area contributed by atoms with Crippen molar-refractivity contribution in [3.05, 3.63) is 63.2 Å². The van der Waals surface area contributed by atoms with Crippen molar-refractivity contribution in [3.63, 3.8) is 0 Å². The minimum Gasteiger partial charge on any atom is -0.481 e. The molecule has 0 heterocycles. The number of carboxylic acid groups (broad SMARTS) is 1. The number of amides is 1. The average Bonchev–Trinajstić information content (AvgIpc) is 2.50. The van der Waals surface area contributed by atoms with E-state index in [4.69, 9.17) is 5.11 Å². The minimum absolute atomic E-state index is 0.191. The molecule has 5 heteroatoms. The number of halogens is 1. The first-order valence-corrected chi connectivity index (χ1v) is 8.36. The van der Waals surface area contributed by atoms with E-state index in [0.29, 0.717) is 12.1 Å². The summed E-state index contributed by atoms with van der Waals surface area (Å²) in [4.78, 5) is 23.6. The van der Waals surface area contributed by atoms with Crippen molar-refractivity contribution in [1.82, 2.24) is 0 Å². The summed E-state index contributed by atoms with van der Waals surface area (Å²) in [5.41, 5.74) is 2.80. The highest BCUT2D eigenvalue weighted by Gasteiger charge is 2.22. The summed E-state index contributed by atoms with van der Waals surface area (Å²) < 4.78 is 0.919. The Morgan fingerprint density at radius 1 is 1.13 bits per heavy atom. The molecule has 0 saturated carbocycles. The molecule has 2 N–H and O–H groups in total. The van der Waals surface area contributed by atoms with Gasteiger partial charge in [0.25, 0.3) is 0 Å². The quantitative estimate of drug-likeness (QED) is 0.694. The summed E-state index contributed by atoms with van der Waals surface area (Å²) in [6.45, 7) is 1.99. The highest BCUT2D eigenvalue weighted by molar-refractivity contribution is 14.1. The molecule has 0 bridgehead atoms. The SMILES string of the molecule is Cc1ccc(C[C@H](CC(=O)O)C(=O)Nc2ccccc2I)cc1. The first-order chi connectivity index (χ1) is 11.0. The van der Waals surface area contributed by atoms with Crippen LogP contribution < -0.4 is 5.32 Å². The zero-order valence-electron chi connectivity index (χ0n) is 12.8. The Bertz CT molecular complexity index is 698. The predicted molar refractivity (Wildman–Crippen MR) is 98.4 cm³/mol. The summed E-state index contributed by atoms with van der Waals surface area (Å²) in [6.07, 6.45) is 0.213. The first kappa shape index (κ1) is 17.5. The lowest BCUT2D eigenvalue weighted by Gasteiger charge is -2.16. The van der Waals surface area contributed by atoms with E-state index in [1.807, 2.05) is 55.5 Å². The van der Waals surface area contributed by atoms with Gasteiger partial charge in [-0.05, 0) is 53.6 Å². The Kier molecular flexibility index (Phi) is 6.15. The second kappa shape index (κ2) is 8.10. The second-order valence-corrected chi connectivity index (χ2v) is 6.62. The number of aryl methyl sites for hydroxylation is 1. The van der Waals surface area contributed by atoms with Crippen LogP contribution in [0.5, 0.6) is 0 Å². The van der Waals surface area contributed by atoms with Crippen molar-refractivity contribution >= 4 is 40.2 Å². The maximum Gasteiger partial charge on any atom is 0.304 e. The average molecular weight is 423 g/mol. The standard InChI is InChI=1S/C18H18INO3/c1-12-6-8-13(9-7-12)10-14(11-17(21)22)18(23)20-16-5-3-2-4-15(16)19/h2-9,14H,10-11H2,1H3,(H,20,23)(H,21,22)/t14-/m1/s1. The highest BCUT2D eigenvalue weighted by atomic mass is 127. The number of carboxylic acids is 1. The van der Waals surface area contributed by atoms with Gasteiger partial charge in [0, 0.05) is 3.57 Å². The molecule has 120 valence electrons. The van der Waals surface area contributed by atoms with Crippen molar-refractivity contribution < 1.29 is 14.7 Å². The zero-order chi connectivity index (χ0) is 16.8. The summed E-state index contributed by atoms with van der Waals surface area (Å²) in [7, 11) is 0. The molecule has 1 amide bonds. The number of benzene rings is 2. The van der Waals surface area contributed by atoms with Crippen molar-refractivity contribution in [1.29, 1.82) is 0 Å². The van der Waals surface area contributed by atoms with Gasteiger partial charge in [0.15, 0.2) is 0 Å². The van der Waals surface area contributed by atoms with Crippen LogP contribution in [0.4, 0.5) is 5.69 Å². The van der Waals surface area contributed by atoms with Crippen LogP contribution in [0.2, 0.25) is 0 Å². The second-order valence-electron chi connectivity index (χ2n) is 5.45. The zero-order valence-corrected chi connectivity index (χ0v) is 14.9. The van der Waals surface area contributed by atoms with Gasteiger partial charge in [-0.25, -0.2) is 0 Å². The number of aliphatic carboxylic acids is 1. The molecule has 2 rings (SSSR count). The summed E-state index contributed by atoms with van der Waals surface area (Å²) in [5.74, 6) is -1.84. The van der Waals surface area contributed by atoms with Crippen LogP contribution in [0.25, 0.3) is 0 Å². The molecule has 0 aliphatic carbocycles. The molecule has 1 atom stereocenters. The topological polar surface area (TPSA) is 66.4 Å². The van der Waals surface area contributed by atoms with E-state index in [2.05, 4.69) is 27.9 Å². The maximum atomic E-state index is 12.5. The van der Waals surface area contributed by atoms with Gasteiger partial charge in [0.2, 0.25) is 5.91 Å². The molecule has 0 aliphatic heterocycles. The van der Waals surface area contributed by atoms with Gasteiger partial charge >= 0.3 is 5.97 Å². The van der Waals surface area contributed by atoms with Gasteiger partial charge in [-0.3, -0.25) is 9.59 Å². The van der Waals surface area contributed by atoms with Crippen LogP contribution >= 0.6 is 22.6 Å². The van der Waals surface area contributed by atoms with Crippen LogP contribution in [0.1, 0.15) is 17.5 Å². The van der Waals surface area contributed by atoms with Gasteiger partial charge in [-0.2, -0.15) is 0 Å². The Hall–Kier alpha value is -1.89. The first-order valence-electron chi connectivity index (χ1n) is 7.28. The van der Waals surface area contributed by atoms with E-state index in [-0.39, 0.29) is 12.3 Å². The Balaban J connectivity index is 2.13. The molecule has 2 aromatic carbocycles. The predicted octanol–water partition coefficient (Wildman–Crippen LogP) is 3.87. The number of anilines is 1. The van der Waals surface area contributed by atoms with Crippen molar-refractivity contribution in [2.45, 2.75) is 19.8 Å². The lowest BCUT2D eigenvalue weighted by molar-refractivity contribution is -0.140. The van der Waals surface area contributed by atoms with Gasteiger partial charge in [0.05, 0.1) is 18.0 Å². The van der Waals surface area contributed by atoms with E-state index < -0.39 is 11.9 Å². The fourth-order valence-electron chi connectivity index (χ4n) is 2.27. The molecular formula is C18H18INO3. The van der Waals surface area contributed by atoms with Crippen LogP contribution in [-0.4, -0.2) is 17.0 Å². The maximum absolute atomic E-state index is 12.5. The molecule has 0 aromatic heterocycles. The summed E-state index contributed by atoms with van der Waals surface area (Å²) in [6, 6.07) is 15.2. The van der Waals surface area contributed by atoms with E-state index >= 15 is 0 Å². The normalized spacial score (nSPS) is 11.7. The molecule has 4 nitrogen and oxygen atoms in total. The Morgan fingerprint density at radius 2 is 1.78 bits per heavy atom. The van der Waals surface area contributed by atoms with Gasteiger partial charge in [0.1, 0.15) is 0 Å². The van der Waals surface area contributed by atoms with Crippen LogP contribution in [0.3, 0.4) is 0 Å². The molecule has 0 spiro atoms. The lowest BCUT2D eigenvalue weighted by atomic mass is 9.94. The highest BCUT2D eigenvalue weighted by Crippen LogP contribution is 2.20. The third kappa shape index (κ3) is 5.35. The molecule has 0 saturated heterocycles. The number of hydrogen-bond acceptors (Lipinski definition) is 2. The van der Waals surface area contributed by atoms with E-state index in [1.54, 1.807) is 0 Å². The number of rotatable bonds is 6. The Morgan fingerprint density at radius 3 is 2.39 bits per heavy atom. The van der Waals surface area contributed by atoms with Crippen molar-refractivity contribution in [3.8, 4) is 0 Å². The van der Waals surface area contributed by atoms with Gasteiger partial charge in [-0.1, -0.05) is 42.0 Å². The van der Waals surface area contributed by atoms with Crippen molar-refractivity contribution in [2.75, 3.05) is 5.32 Å². The van der Waals surface area contributed by atoms with Crippen LogP contribution in [-0.2, 0) is 16.0 Å².